The van der Waals surface area contributed by atoms with E-state index in [-0.39, 0.29) is 23.5 Å². The Kier molecular flexibility index (Phi) is 3.73. The summed E-state index contributed by atoms with van der Waals surface area (Å²) in [5.74, 6) is 0.0671. The molecule has 2 unspecified atom stereocenters. The third-order valence-electron chi connectivity index (χ3n) is 3.33. The summed E-state index contributed by atoms with van der Waals surface area (Å²) in [6.45, 7) is 7.46. The average Bonchev–Trinajstić information content (AvgIpc) is 2.19. The van der Waals surface area contributed by atoms with Gasteiger partial charge in [-0.05, 0) is 18.8 Å². The Morgan fingerprint density at radius 3 is 2.67 bits per heavy atom. The molecule has 1 heterocycles. The first kappa shape index (κ1) is 12.5. The third kappa shape index (κ3) is 2.69. The van der Waals surface area contributed by atoms with E-state index in [0.29, 0.717) is 0 Å². The van der Waals surface area contributed by atoms with Crippen molar-refractivity contribution in [3.8, 4) is 0 Å². The quantitative estimate of drug-likeness (QED) is 0.732. The molecular formula is C11H22N2O2. The zero-order valence-corrected chi connectivity index (χ0v) is 10.1. The average molecular weight is 214 g/mol. The minimum atomic E-state index is -0.352. The second-order valence-corrected chi connectivity index (χ2v) is 5.02. The molecule has 1 aliphatic rings. The standard InChI is InChI=1S/C11H22N2O2/c1-8(15-4)10(14)13-6-5-9(12)11(2,3)7-13/h8-9H,5-7,12H2,1-4H3. The molecule has 0 aliphatic carbocycles. The molecule has 1 amide bonds. The molecule has 0 aromatic rings. The lowest BCUT2D eigenvalue weighted by Gasteiger charge is -2.43. The Morgan fingerprint density at radius 2 is 2.20 bits per heavy atom. The van der Waals surface area contributed by atoms with Crippen LogP contribution in [0.2, 0.25) is 0 Å². The lowest BCUT2D eigenvalue weighted by Crippen LogP contribution is -2.55. The highest BCUT2D eigenvalue weighted by Crippen LogP contribution is 2.28. The number of rotatable bonds is 2. The summed E-state index contributed by atoms with van der Waals surface area (Å²) in [4.78, 5) is 13.7. The topological polar surface area (TPSA) is 55.6 Å². The number of piperidine rings is 1. The second-order valence-electron chi connectivity index (χ2n) is 5.02. The Morgan fingerprint density at radius 1 is 1.60 bits per heavy atom. The molecule has 0 spiro atoms. The van der Waals surface area contributed by atoms with E-state index in [0.717, 1.165) is 19.5 Å². The van der Waals surface area contributed by atoms with E-state index in [1.165, 1.54) is 0 Å². The fourth-order valence-corrected chi connectivity index (χ4v) is 1.92. The minimum Gasteiger partial charge on any atom is -0.372 e. The summed E-state index contributed by atoms with van der Waals surface area (Å²) >= 11 is 0. The minimum absolute atomic E-state index is 0.00136. The zero-order valence-electron chi connectivity index (χ0n) is 10.1. The van der Waals surface area contributed by atoms with Crippen LogP contribution < -0.4 is 5.73 Å². The normalized spacial score (nSPS) is 27.5. The lowest BCUT2D eigenvalue weighted by molar-refractivity contribution is -0.144. The second kappa shape index (κ2) is 4.49. The molecule has 0 aromatic carbocycles. The molecule has 1 fully saturated rings. The molecule has 1 rings (SSSR count). The number of methoxy groups -OCH3 is 1. The summed E-state index contributed by atoms with van der Waals surface area (Å²) in [6.07, 6.45) is 0.518. The number of ether oxygens (including phenoxy) is 1. The van der Waals surface area contributed by atoms with Crippen LogP contribution >= 0.6 is 0 Å². The number of carbonyl (C=O) groups excluding carboxylic acids is 1. The van der Waals surface area contributed by atoms with Crippen LogP contribution in [0.15, 0.2) is 0 Å². The number of nitrogens with two attached hydrogens (primary N) is 1. The summed E-state index contributed by atoms with van der Waals surface area (Å²) in [7, 11) is 1.56. The molecule has 0 saturated carbocycles. The van der Waals surface area contributed by atoms with Gasteiger partial charge in [-0.15, -0.1) is 0 Å². The molecule has 88 valence electrons. The molecule has 1 saturated heterocycles. The van der Waals surface area contributed by atoms with Crippen LogP contribution in [0.3, 0.4) is 0 Å². The van der Waals surface area contributed by atoms with Crippen molar-refractivity contribution in [2.24, 2.45) is 11.1 Å². The van der Waals surface area contributed by atoms with Crippen molar-refractivity contribution < 1.29 is 9.53 Å². The van der Waals surface area contributed by atoms with Gasteiger partial charge in [-0.25, -0.2) is 0 Å². The fourth-order valence-electron chi connectivity index (χ4n) is 1.92. The zero-order chi connectivity index (χ0) is 11.6. The highest BCUT2D eigenvalue weighted by molar-refractivity contribution is 5.80. The molecule has 4 heteroatoms. The van der Waals surface area contributed by atoms with Crippen LogP contribution in [-0.4, -0.2) is 43.2 Å². The number of likely N-dealkylation sites (tertiary alicyclic amines) is 1. The van der Waals surface area contributed by atoms with Crippen LogP contribution in [0.25, 0.3) is 0 Å². The molecule has 4 nitrogen and oxygen atoms in total. The van der Waals surface area contributed by atoms with Crippen molar-refractivity contribution in [2.45, 2.75) is 39.3 Å². The molecule has 2 N–H and O–H groups in total. The predicted octanol–water partition coefficient (Wildman–Crippen LogP) is 0.607. The van der Waals surface area contributed by atoms with Gasteiger partial charge in [-0.1, -0.05) is 13.8 Å². The van der Waals surface area contributed by atoms with E-state index < -0.39 is 0 Å². The van der Waals surface area contributed by atoms with E-state index in [4.69, 9.17) is 10.5 Å². The number of amides is 1. The first-order valence-corrected chi connectivity index (χ1v) is 5.45. The van der Waals surface area contributed by atoms with Crippen LogP contribution in [0.5, 0.6) is 0 Å². The van der Waals surface area contributed by atoms with Gasteiger partial charge in [-0.3, -0.25) is 4.79 Å². The van der Waals surface area contributed by atoms with E-state index in [9.17, 15) is 4.79 Å². The number of carbonyl (C=O) groups is 1. The SMILES string of the molecule is COC(C)C(=O)N1CCC(N)C(C)(C)C1. The van der Waals surface area contributed by atoms with Crippen molar-refractivity contribution in [1.82, 2.24) is 4.90 Å². The molecule has 1 aliphatic heterocycles. The summed E-state index contributed by atoms with van der Waals surface area (Å²) in [6, 6.07) is 0.180. The van der Waals surface area contributed by atoms with Crippen molar-refractivity contribution in [3.05, 3.63) is 0 Å². The highest BCUT2D eigenvalue weighted by Gasteiger charge is 2.36. The van der Waals surface area contributed by atoms with Gasteiger partial charge in [0.05, 0.1) is 0 Å². The van der Waals surface area contributed by atoms with Gasteiger partial charge in [0.1, 0.15) is 6.10 Å². The maximum atomic E-state index is 11.9. The van der Waals surface area contributed by atoms with Crippen molar-refractivity contribution >= 4 is 5.91 Å². The third-order valence-corrected chi connectivity index (χ3v) is 3.33. The summed E-state index contributed by atoms with van der Waals surface area (Å²) in [5.41, 5.74) is 6.02. The Balaban J connectivity index is 2.63. The Labute approximate surface area is 91.8 Å². The van der Waals surface area contributed by atoms with E-state index in [2.05, 4.69) is 13.8 Å². The van der Waals surface area contributed by atoms with Gasteiger partial charge in [0, 0.05) is 26.2 Å². The van der Waals surface area contributed by atoms with Gasteiger partial charge in [0.2, 0.25) is 0 Å². The molecular weight excluding hydrogens is 192 g/mol. The number of hydrogen-bond donors (Lipinski definition) is 1. The molecule has 2 atom stereocenters. The summed E-state index contributed by atoms with van der Waals surface area (Å²) in [5, 5.41) is 0. The van der Waals surface area contributed by atoms with Gasteiger partial charge in [0.25, 0.3) is 5.91 Å². The molecule has 0 aromatic heterocycles. The van der Waals surface area contributed by atoms with Crippen molar-refractivity contribution in [2.75, 3.05) is 20.2 Å². The van der Waals surface area contributed by atoms with Crippen molar-refractivity contribution in [3.63, 3.8) is 0 Å². The Hall–Kier alpha value is -0.610. The molecule has 0 bridgehead atoms. The number of hydrogen-bond acceptors (Lipinski definition) is 3. The monoisotopic (exact) mass is 214 g/mol. The first-order valence-electron chi connectivity index (χ1n) is 5.45. The van der Waals surface area contributed by atoms with Crippen LogP contribution in [0, 0.1) is 5.41 Å². The first-order chi connectivity index (χ1) is 6.88. The molecule has 15 heavy (non-hydrogen) atoms. The fraction of sp³-hybridized carbons (Fsp3) is 0.909. The van der Waals surface area contributed by atoms with Crippen LogP contribution in [0.1, 0.15) is 27.2 Å². The molecule has 0 radical (unpaired) electrons. The highest BCUT2D eigenvalue weighted by atomic mass is 16.5. The Bertz CT molecular complexity index is 241. The maximum Gasteiger partial charge on any atom is 0.251 e. The van der Waals surface area contributed by atoms with Gasteiger partial charge >= 0.3 is 0 Å². The largest absolute Gasteiger partial charge is 0.372 e. The van der Waals surface area contributed by atoms with E-state index in [1.54, 1.807) is 14.0 Å². The van der Waals surface area contributed by atoms with Crippen LogP contribution in [0.4, 0.5) is 0 Å². The van der Waals surface area contributed by atoms with Gasteiger partial charge in [-0.2, -0.15) is 0 Å². The lowest BCUT2D eigenvalue weighted by atomic mass is 9.79. The predicted molar refractivity (Wildman–Crippen MR) is 59.4 cm³/mol. The van der Waals surface area contributed by atoms with Crippen molar-refractivity contribution in [1.29, 1.82) is 0 Å². The van der Waals surface area contributed by atoms with E-state index >= 15 is 0 Å². The van der Waals surface area contributed by atoms with Crippen LogP contribution in [-0.2, 0) is 9.53 Å². The summed E-state index contributed by atoms with van der Waals surface area (Å²) < 4.78 is 5.04. The van der Waals surface area contributed by atoms with Gasteiger partial charge in [0.15, 0.2) is 0 Å². The smallest absolute Gasteiger partial charge is 0.251 e. The number of nitrogens with zero attached hydrogens (tertiary/aromatic N) is 1. The van der Waals surface area contributed by atoms with Gasteiger partial charge < -0.3 is 15.4 Å². The maximum absolute atomic E-state index is 11.9. The van der Waals surface area contributed by atoms with E-state index in [1.807, 2.05) is 4.90 Å².